The van der Waals surface area contributed by atoms with Gasteiger partial charge in [0.25, 0.3) is 0 Å². The van der Waals surface area contributed by atoms with Gasteiger partial charge in [0, 0.05) is 18.2 Å². The number of rotatable bonds is 7. The number of thioether (sulfide) groups is 1. The summed E-state index contributed by atoms with van der Waals surface area (Å²) in [6.07, 6.45) is 2.09. The summed E-state index contributed by atoms with van der Waals surface area (Å²) in [5, 5.41) is 12.8. The SMILES string of the molecule is CSCCCNCC(O)c1ccc(F)cc1F. The van der Waals surface area contributed by atoms with Crippen LogP contribution in [0.4, 0.5) is 8.78 Å². The highest BCUT2D eigenvalue weighted by Gasteiger charge is 2.12. The van der Waals surface area contributed by atoms with Gasteiger partial charge in [-0.2, -0.15) is 11.8 Å². The van der Waals surface area contributed by atoms with Gasteiger partial charge in [-0.15, -0.1) is 0 Å². The molecule has 96 valence electrons. The highest BCUT2D eigenvalue weighted by molar-refractivity contribution is 7.98. The number of hydrogen-bond donors (Lipinski definition) is 2. The lowest BCUT2D eigenvalue weighted by Gasteiger charge is -2.12. The quantitative estimate of drug-likeness (QED) is 0.739. The number of benzene rings is 1. The van der Waals surface area contributed by atoms with E-state index in [1.54, 1.807) is 11.8 Å². The molecule has 0 heterocycles. The van der Waals surface area contributed by atoms with Crippen LogP contribution in [-0.4, -0.2) is 30.2 Å². The largest absolute Gasteiger partial charge is 0.387 e. The molecular weight excluding hydrogens is 244 g/mol. The first kappa shape index (κ1) is 14.4. The molecule has 1 rings (SSSR count). The first-order chi connectivity index (χ1) is 8.15. The molecule has 0 aliphatic rings. The van der Waals surface area contributed by atoms with Crippen LogP contribution >= 0.6 is 11.8 Å². The van der Waals surface area contributed by atoms with Gasteiger partial charge in [0.2, 0.25) is 0 Å². The van der Waals surface area contributed by atoms with Crippen LogP contribution in [0.15, 0.2) is 18.2 Å². The number of aliphatic hydroxyl groups excluding tert-OH is 1. The minimum absolute atomic E-state index is 0.128. The fourth-order valence-electron chi connectivity index (χ4n) is 1.46. The molecule has 0 aliphatic carbocycles. The van der Waals surface area contributed by atoms with E-state index in [0.717, 1.165) is 30.9 Å². The van der Waals surface area contributed by atoms with Crippen LogP contribution in [0.5, 0.6) is 0 Å². The van der Waals surface area contributed by atoms with E-state index < -0.39 is 17.7 Å². The summed E-state index contributed by atoms with van der Waals surface area (Å²) in [7, 11) is 0. The van der Waals surface area contributed by atoms with Crippen molar-refractivity contribution >= 4 is 11.8 Å². The third kappa shape index (κ3) is 5.02. The minimum Gasteiger partial charge on any atom is -0.387 e. The van der Waals surface area contributed by atoms with Crippen LogP contribution in [0.2, 0.25) is 0 Å². The molecular formula is C12H17F2NOS. The standard InChI is InChI=1S/C12H17F2NOS/c1-17-6-2-5-15-8-12(16)10-4-3-9(13)7-11(10)14/h3-4,7,12,15-16H,2,5-6,8H2,1H3. The summed E-state index contributed by atoms with van der Waals surface area (Å²) in [5.74, 6) is -0.289. The Morgan fingerprint density at radius 3 is 2.82 bits per heavy atom. The molecule has 0 saturated heterocycles. The third-order valence-corrected chi connectivity index (χ3v) is 3.06. The average Bonchev–Trinajstić information content (AvgIpc) is 2.28. The molecule has 2 N–H and O–H groups in total. The van der Waals surface area contributed by atoms with Crippen molar-refractivity contribution in [3.8, 4) is 0 Å². The Bertz CT molecular complexity index is 349. The molecule has 1 aromatic rings. The lowest BCUT2D eigenvalue weighted by atomic mass is 10.1. The maximum Gasteiger partial charge on any atom is 0.131 e. The normalized spacial score (nSPS) is 12.7. The molecule has 0 aliphatic heterocycles. The van der Waals surface area contributed by atoms with Gasteiger partial charge in [-0.1, -0.05) is 6.07 Å². The maximum atomic E-state index is 13.3. The van der Waals surface area contributed by atoms with E-state index in [9.17, 15) is 13.9 Å². The minimum atomic E-state index is -0.940. The Morgan fingerprint density at radius 2 is 2.18 bits per heavy atom. The van der Waals surface area contributed by atoms with Crippen molar-refractivity contribution in [1.29, 1.82) is 0 Å². The summed E-state index contributed by atoms with van der Waals surface area (Å²) in [4.78, 5) is 0. The lowest BCUT2D eigenvalue weighted by molar-refractivity contribution is 0.170. The van der Waals surface area contributed by atoms with Crippen molar-refractivity contribution in [2.45, 2.75) is 12.5 Å². The molecule has 0 radical (unpaired) electrons. The molecule has 1 atom stereocenters. The second kappa shape index (κ2) is 7.63. The topological polar surface area (TPSA) is 32.3 Å². The van der Waals surface area contributed by atoms with E-state index in [1.807, 2.05) is 6.26 Å². The Labute approximate surface area is 104 Å². The summed E-state index contributed by atoms with van der Waals surface area (Å²) < 4.78 is 26.0. The van der Waals surface area contributed by atoms with Gasteiger partial charge >= 0.3 is 0 Å². The van der Waals surface area contributed by atoms with Gasteiger partial charge in [-0.25, -0.2) is 8.78 Å². The van der Waals surface area contributed by atoms with Crippen LogP contribution < -0.4 is 5.32 Å². The molecule has 1 aromatic carbocycles. The summed E-state index contributed by atoms with van der Waals surface area (Å²) in [6.45, 7) is 1.05. The predicted molar refractivity (Wildman–Crippen MR) is 67.2 cm³/mol. The number of nitrogens with one attached hydrogen (secondary N) is 1. The monoisotopic (exact) mass is 261 g/mol. The van der Waals surface area contributed by atoms with Crippen molar-refractivity contribution in [3.05, 3.63) is 35.4 Å². The molecule has 0 spiro atoms. The molecule has 5 heteroatoms. The van der Waals surface area contributed by atoms with Gasteiger partial charge in [-0.3, -0.25) is 0 Å². The average molecular weight is 261 g/mol. The van der Waals surface area contributed by atoms with Crippen molar-refractivity contribution < 1.29 is 13.9 Å². The second-order valence-corrected chi connectivity index (χ2v) is 4.72. The zero-order valence-electron chi connectivity index (χ0n) is 9.75. The molecule has 0 saturated carbocycles. The Kier molecular flexibility index (Phi) is 6.47. The molecule has 0 aromatic heterocycles. The van der Waals surface area contributed by atoms with Gasteiger partial charge in [0.15, 0.2) is 0 Å². The number of halogens is 2. The van der Waals surface area contributed by atoms with E-state index in [-0.39, 0.29) is 12.1 Å². The van der Waals surface area contributed by atoms with Crippen molar-refractivity contribution in [2.24, 2.45) is 0 Å². The van der Waals surface area contributed by atoms with Gasteiger partial charge in [0.05, 0.1) is 6.10 Å². The van der Waals surface area contributed by atoms with Crippen molar-refractivity contribution in [3.63, 3.8) is 0 Å². The predicted octanol–water partition coefficient (Wildman–Crippen LogP) is 2.34. The Hall–Kier alpha value is -0.650. The van der Waals surface area contributed by atoms with Crippen LogP contribution in [0.3, 0.4) is 0 Å². The van der Waals surface area contributed by atoms with Crippen LogP contribution in [0.1, 0.15) is 18.1 Å². The number of hydrogen-bond acceptors (Lipinski definition) is 3. The smallest absolute Gasteiger partial charge is 0.131 e. The van der Waals surface area contributed by atoms with E-state index in [0.29, 0.717) is 0 Å². The Morgan fingerprint density at radius 1 is 1.41 bits per heavy atom. The Balaban J connectivity index is 2.38. The molecule has 0 bridgehead atoms. The summed E-state index contributed by atoms with van der Waals surface area (Å²) >= 11 is 1.76. The van der Waals surface area contributed by atoms with Gasteiger partial charge in [0.1, 0.15) is 11.6 Å². The summed E-state index contributed by atoms with van der Waals surface area (Å²) in [6, 6.07) is 3.21. The van der Waals surface area contributed by atoms with E-state index in [2.05, 4.69) is 5.32 Å². The maximum absolute atomic E-state index is 13.3. The van der Waals surface area contributed by atoms with Gasteiger partial charge in [-0.05, 0) is 31.0 Å². The molecule has 17 heavy (non-hydrogen) atoms. The first-order valence-electron chi connectivity index (χ1n) is 5.48. The van der Waals surface area contributed by atoms with E-state index in [1.165, 1.54) is 6.07 Å². The molecule has 1 unspecified atom stereocenters. The van der Waals surface area contributed by atoms with E-state index >= 15 is 0 Å². The van der Waals surface area contributed by atoms with Crippen LogP contribution in [0.25, 0.3) is 0 Å². The third-order valence-electron chi connectivity index (χ3n) is 2.36. The highest BCUT2D eigenvalue weighted by Crippen LogP contribution is 2.17. The highest BCUT2D eigenvalue weighted by atomic mass is 32.2. The zero-order chi connectivity index (χ0) is 12.7. The second-order valence-electron chi connectivity index (χ2n) is 3.73. The fourth-order valence-corrected chi connectivity index (χ4v) is 1.90. The number of aliphatic hydroxyl groups is 1. The molecule has 0 fully saturated rings. The molecule has 0 amide bonds. The van der Waals surface area contributed by atoms with Gasteiger partial charge < -0.3 is 10.4 Å². The van der Waals surface area contributed by atoms with Crippen LogP contribution in [0, 0.1) is 11.6 Å². The zero-order valence-corrected chi connectivity index (χ0v) is 10.6. The van der Waals surface area contributed by atoms with Crippen LogP contribution in [-0.2, 0) is 0 Å². The first-order valence-corrected chi connectivity index (χ1v) is 6.87. The van der Waals surface area contributed by atoms with E-state index in [4.69, 9.17) is 0 Å². The van der Waals surface area contributed by atoms with Crippen molar-refractivity contribution in [1.82, 2.24) is 5.32 Å². The fraction of sp³-hybridized carbons (Fsp3) is 0.500. The summed E-state index contributed by atoms with van der Waals surface area (Å²) in [5.41, 5.74) is 0.128. The lowest BCUT2D eigenvalue weighted by Crippen LogP contribution is -2.23. The van der Waals surface area contributed by atoms with Crippen molar-refractivity contribution in [2.75, 3.05) is 25.1 Å². The molecule has 2 nitrogen and oxygen atoms in total.